The molecule has 2 aliphatic rings. The van der Waals surface area contributed by atoms with E-state index in [-0.39, 0.29) is 18.1 Å². The second kappa shape index (κ2) is 8.19. The first-order chi connectivity index (χ1) is 12.0. The summed E-state index contributed by atoms with van der Waals surface area (Å²) in [5, 5.41) is 3.03. The van der Waals surface area contributed by atoms with Crippen LogP contribution >= 0.6 is 0 Å². The number of anilines is 1. The van der Waals surface area contributed by atoms with Crippen molar-refractivity contribution in [2.24, 2.45) is 5.92 Å². The van der Waals surface area contributed by atoms with Crippen LogP contribution in [0.3, 0.4) is 0 Å². The second-order valence-corrected chi connectivity index (χ2v) is 7.66. The molecule has 1 N–H and O–H groups in total. The van der Waals surface area contributed by atoms with Gasteiger partial charge in [0.2, 0.25) is 5.91 Å². The van der Waals surface area contributed by atoms with Crippen molar-refractivity contribution in [2.75, 3.05) is 37.7 Å². The molecule has 2 atom stereocenters. The lowest BCUT2D eigenvalue weighted by Gasteiger charge is -2.38. The Labute approximate surface area is 151 Å². The highest BCUT2D eigenvalue weighted by molar-refractivity contribution is 5.82. The molecule has 0 aromatic heterocycles. The Kier molecular flexibility index (Phi) is 5.97. The lowest BCUT2D eigenvalue weighted by atomic mass is 9.99. The zero-order valence-electron chi connectivity index (χ0n) is 15.7. The van der Waals surface area contributed by atoms with E-state index in [0.717, 1.165) is 45.8 Å². The smallest absolute Gasteiger partial charge is 0.237 e. The van der Waals surface area contributed by atoms with Gasteiger partial charge in [0.25, 0.3) is 0 Å². The van der Waals surface area contributed by atoms with Gasteiger partial charge in [0.1, 0.15) is 0 Å². The number of carbonyl (C=O) groups excluding carboxylic acids is 1. The van der Waals surface area contributed by atoms with Gasteiger partial charge in [0, 0.05) is 38.4 Å². The summed E-state index contributed by atoms with van der Waals surface area (Å²) >= 11 is 0. The fourth-order valence-electron chi connectivity index (χ4n) is 3.86. The zero-order chi connectivity index (χ0) is 17.8. The van der Waals surface area contributed by atoms with Crippen LogP contribution in [0.2, 0.25) is 0 Å². The van der Waals surface area contributed by atoms with Gasteiger partial charge in [-0.3, -0.25) is 9.69 Å². The predicted molar refractivity (Wildman–Crippen MR) is 101 cm³/mol. The summed E-state index contributed by atoms with van der Waals surface area (Å²) in [7, 11) is 0. The van der Waals surface area contributed by atoms with Crippen molar-refractivity contribution in [2.45, 2.75) is 45.9 Å². The molecule has 1 aromatic carbocycles. The second-order valence-electron chi connectivity index (χ2n) is 7.66. The monoisotopic (exact) mass is 345 g/mol. The first-order valence-corrected chi connectivity index (χ1v) is 9.51. The Morgan fingerprint density at radius 1 is 1.28 bits per heavy atom. The van der Waals surface area contributed by atoms with Crippen molar-refractivity contribution in [3.8, 4) is 0 Å². The molecule has 0 radical (unpaired) electrons. The number of para-hydroxylation sites is 1. The molecule has 1 amide bonds. The summed E-state index contributed by atoms with van der Waals surface area (Å²) in [5.74, 6) is 0.684. The van der Waals surface area contributed by atoms with Crippen LogP contribution in [0, 0.1) is 5.92 Å². The zero-order valence-corrected chi connectivity index (χ0v) is 15.7. The SMILES string of the molecule is CC(C)C[C@@H]1C(=O)NCCN1Cc1ccccc1N1CCO[C@@H](C)C1. The van der Waals surface area contributed by atoms with Gasteiger partial charge in [-0.15, -0.1) is 0 Å². The standard InChI is InChI=1S/C20H31N3O2/c1-15(2)12-19-20(24)21-8-9-22(19)14-17-6-4-5-7-18(17)23-10-11-25-16(3)13-23/h4-7,15-16,19H,8-14H2,1-3H3,(H,21,24)/t16-,19+/m0/s1. The molecule has 0 bridgehead atoms. The van der Waals surface area contributed by atoms with E-state index in [1.54, 1.807) is 0 Å². The molecule has 3 rings (SSSR count). The van der Waals surface area contributed by atoms with Crippen molar-refractivity contribution < 1.29 is 9.53 Å². The van der Waals surface area contributed by atoms with Crippen LogP contribution in [0.1, 0.15) is 32.8 Å². The number of rotatable bonds is 5. The number of carbonyl (C=O) groups is 1. The first kappa shape index (κ1) is 18.2. The highest BCUT2D eigenvalue weighted by Gasteiger charge is 2.31. The Bertz CT molecular complexity index is 590. The van der Waals surface area contributed by atoms with Crippen molar-refractivity contribution >= 4 is 11.6 Å². The van der Waals surface area contributed by atoms with Crippen LogP contribution in [-0.2, 0) is 16.1 Å². The first-order valence-electron chi connectivity index (χ1n) is 9.51. The molecular formula is C20H31N3O2. The number of benzene rings is 1. The molecule has 138 valence electrons. The summed E-state index contributed by atoms with van der Waals surface area (Å²) in [4.78, 5) is 17.2. The molecule has 0 saturated carbocycles. The molecule has 0 aliphatic carbocycles. The summed E-state index contributed by atoms with van der Waals surface area (Å²) in [6.07, 6.45) is 1.17. The highest BCUT2D eigenvalue weighted by atomic mass is 16.5. The number of hydrogen-bond acceptors (Lipinski definition) is 4. The molecule has 2 heterocycles. The lowest BCUT2D eigenvalue weighted by molar-refractivity contribution is -0.130. The summed E-state index contributed by atoms with van der Waals surface area (Å²) in [6, 6.07) is 8.59. The number of nitrogens with one attached hydrogen (secondary N) is 1. The van der Waals surface area contributed by atoms with E-state index in [4.69, 9.17) is 4.74 Å². The third kappa shape index (κ3) is 4.53. The molecule has 5 nitrogen and oxygen atoms in total. The number of nitrogens with zero attached hydrogens (tertiary/aromatic N) is 2. The van der Waals surface area contributed by atoms with E-state index < -0.39 is 0 Å². The van der Waals surface area contributed by atoms with E-state index >= 15 is 0 Å². The minimum atomic E-state index is -0.0228. The molecular weight excluding hydrogens is 314 g/mol. The quantitative estimate of drug-likeness (QED) is 0.889. The third-order valence-electron chi connectivity index (χ3n) is 5.08. The Balaban J connectivity index is 1.78. The van der Waals surface area contributed by atoms with E-state index in [1.807, 2.05) is 0 Å². The van der Waals surface area contributed by atoms with Crippen LogP contribution in [-0.4, -0.2) is 55.7 Å². The van der Waals surface area contributed by atoms with Gasteiger partial charge in [-0.25, -0.2) is 0 Å². The minimum absolute atomic E-state index is 0.0228. The summed E-state index contributed by atoms with van der Waals surface area (Å²) < 4.78 is 5.69. The molecule has 1 aromatic rings. The maximum Gasteiger partial charge on any atom is 0.237 e. The van der Waals surface area contributed by atoms with Crippen LogP contribution < -0.4 is 10.2 Å². The third-order valence-corrected chi connectivity index (χ3v) is 5.08. The number of hydrogen-bond donors (Lipinski definition) is 1. The number of morpholine rings is 1. The average molecular weight is 345 g/mol. The van der Waals surface area contributed by atoms with Crippen LogP contribution in [0.25, 0.3) is 0 Å². The molecule has 5 heteroatoms. The van der Waals surface area contributed by atoms with Crippen LogP contribution in [0.5, 0.6) is 0 Å². The van der Waals surface area contributed by atoms with Gasteiger partial charge < -0.3 is 15.0 Å². The number of amides is 1. The molecule has 2 fully saturated rings. The van der Waals surface area contributed by atoms with Crippen molar-refractivity contribution in [1.29, 1.82) is 0 Å². The molecule has 0 spiro atoms. The van der Waals surface area contributed by atoms with Gasteiger partial charge in [-0.1, -0.05) is 32.0 Å². The number of piperazine rings is 1. The maximum absolute atomic E-state index is 12.4. The normalized spacial score (nSPS) is 25.3. The average Bonchev–Trinajstić information content (AvgIpc) is 2.58. The van der Waals surface area contributed by atoms with Gasteiger partial charge in [0.15, 0.2) is 0 Å². The van der Waals surface area contributed by atoms with Crippen LogP contribution in [0.4, 0.5) is 5.69 Å². The van der Waals surface area contributed by atoms with E-state index in [1.165, 1.54) is 11.3 Å². The topological polar surface area (TPSA) is 44.8 Å². The maximum atomic E-state index is 12.4. The highest BCUT2D eigenvalue weighted by Crippen LogP contribution is 2.26. The molecule has 0 unspecified atom stereocenters. The van der Waals surface area contributed by atoms with Gasteiger partial charge in [0.05, 0.1) is 18.8 Å². The van der Waals surface area contributed by atoms with E-state index in [9.17, 15) is 4.79 Å². The fourth-order valence-corrected chi connectivity index (χ4v) is 3.86. The van der Waals surface area contributed by atoms with Crippen molar-refractivity contribution in [3.05, 3.63) is 29.8 Å². The Hall–Kier alpha value is -1.59. The molecule has 25 heavy (non-hydrogen) atoms. The number of ether oxygens (including phenoxy) is 1. The van der Waals surface area contributed by atoms with Crippen LogP contribution in [0.15, 0.2) is 24.3 Å². The van der Waals surface area contributed by atoms with E-state index in [0.29, 0.717) is 5.92 Å². The summed E-state index contributed by atoms with van der Waals surface area (Å²) in [6.45, 7) is 11.6. The van der Waals surface area contributed by atoms with Crippen molar-refractivity contribution in [1.82, 2.24) is 10.2 Å². The Morgan fingerprint density at radius 2 is 2.08 bits per heavy atom. The van der Waals surface area contributed by atoms with E-state index in [2.05, 4.69) is 60.2 Å². The largest absolute Gasteiger partial charge is 0.375 e. The van der Waals surface area contributed by atoms with Gasteiger partial charge in [-0.05, 0) is 30.9 Å². The fraction of sp³-hybridized carbons (Fsp3) is 0.650. The van der Waals surface area contributed by atoms with Gasteiger partial charge in [-0.2, -0.15) is 0 Å². The predicted octanol–water partition coefficient (Wildman–Crippen LogP) is 2.26. The van der Waals surface area contributed by atoms with Gasteiger partial charge >= 0.3 is 0 Å². The molecule has 2 aliphatic heterocycles. The molecule has 2 saturated heterocycles. The summed E-state index contributed by atoms with van der Waals surface area (Å²) in [5.41, 5.74) is 2.59. The Morgan fingerprint density at radius 3 is 2.84 bits per heavy atom. The minimum Gasteiger partial charge on any atom is -0.375 e. The lowest BCUT2D eigenvalue weighted by Crippen LogP contribution is -2.55. The van der Waals surface area contributed by atoms with Crippen molar-refractivity contribution in [3.63, 3.8) is 0 Å².